The van der Waals surface area contributed by atoms with E-state index in [0.29, 0.717) is 11.0 Å². The van der Waals surface area contributed by atoms with E-state index in [-0.39, 0.29) is 0 Å². The summed E-state index contributed by atoms with van der Waals surface area (Å²) < 4.78 is 0.754. The number of halogens is 1. The summed E-state index contributed by atoms with van der Waals surface area (Å²) in [5, 5.41) is 13.5. The lowest BCUT2D eigenvalue weighted by atomic mass is 10.2. The Kier molecular flexibility index (Phi) is 6.24. The van der Waals surface area contributed by atoms with Crippen molar-refractivity contribution in [3.63, 3.8) is 0 Å². The molecule has 1 aromatic rings. The van der Waals surface area contributed by atoms with Gasteiger partial charge < -0.3 is 10.4 Å². The Morgan fingerprint density at radius 1 is 1.50 bits per heavy atom. The summed E-state index contributed by atoms with van der Waals surface area (Å²) in [6.07, 6.45) is 3.32. The van der Waals surface area contributed by atoms with Crippen LogP contribution in [0.1, 0.15) is 18.9 Å². The van der Waals surface area contributed by atoms with Crippen LogP contribution in [-0.4, -0.2) is 23.2 Å². The molecular weight excluding hydrogens is 286 g/mol. The number of nitrogens with one attached hydrogen (secondary N) is 1. The van der Waals surface area contributed by atoms with E-state index in [1.54, 1.807) is 6.07 Å². The van der Waals surface area contributed by atoms with Crippen LogP contribution in [0, 0.1) is 0 Å². The van der Waals surface area contributed by atoms with E-state index < -0.39 is 0 Å². The van der Waals surface area contributed by atoms with Crippen LogP contribution in [0.2, 0.25) is 0 Å². The average Bonchev–Trinajstić information content (AvgIpc) is 2.28. The van der Waals surface area contributed by atoms with Gasteiger partial charge in [0.15, 0.2) is 0 Å². The lowest BCUT2D eigenvalue weighted by molar-refractivity contribution is 0.471. The summed E-state index contributed by atoms with van der Waals surface area (Å²) in [6, 6.07) is 5.59. The van der Waals surface area contributed by atoms with Crippen LogP contribution in [0.4, 0.5) is 0 Å². The van der Waals surface area contributed by atoms with Crippen molar-refractivity contribution in [3.8, 4) is 5.75 Å². The van der Waals surface area contributed by atoms with E-state index in [1.807, 2.05) is 23.9 Å². The zero-order valence-electron chi connectivity index (χ0n) is 9.66. The second-order valence-corrected chi connectivity index (χ2v) is 5.93. The van der Waals surface area contributed by atoms with Crippen molar-refractivity contribution < 1.29 is 5.11 Å². The molecule has 0 aliphatic heterocycles. The zero-order valence-corrected chi connectivity index (χ0v) is 12.1. The topological polar surface area (TPSA) is 32.3 Å². The number of hydrogen-bond acceptors (Lipinski definition) is 3. The summed E-state index contributed by atoms with van der Waals surface area (Å²) >= 11 is 5.20. The number of phenols is 1. The number of thioether (sulfide) groups is 1. The lowest BCUT2D eigenvalue weighted by Gasteiger charge is -2.09. The van der Waals surface area contributed by atoms with Gasteiger partial charge in [0.2, 0.25) is 0 Å². The molecule has 16 heavy (non-hydrogen) atoms. The molecule has 90 valence electrons. The average molecular weight is 304 g/mol. The fourth-order valence-corrected chi connectivity index (χ4v) is 2.10. The molecule has 0 saturated heterocycles. The van der Waals surface area contributed by atoms with Gasteiger partial charge in [0, 0.05) is 11.8 Å². The van der Waals surface area contributed by atoms with Crippen LogP contribution >= 0.6 is 27.7 Å². The smallest absolute Gasteiger partial charge is 0.129 e. The molecular formula is C12H18BrNOS. The molecule has 0 heterocycles. The Bertz CT molecular complexity index is 333. The van der Waals surface area contributed by atoms with Crippen molar-refractivity contribution >= 4 is 27.7 Å². The highest BCUT2D eigenvalue weighted by Crippen LogP contribution is 2.24. The minimum atomic E-state index is 0.291. The predicted octanol–water partition coefficient (Wildman–Crippen LogP) is 3.39. The Balaban J connectivity index is 2.29. The molecule has 0 aromatic heterocycles. The normalized spacial score (nSPS) is 12.7. The summed E-state index contributed by atoms with van der Waals surface area (Å²) in [6.45, 7) is 4.12. The number of phenolic OH excluding ortho intramolecular Hbond substituents is 1. The maximum absolute atomic E-state index is 9.35. The molecule has 1 rings (SSSR count). The highest BCUT2D eigenvalue weighted by molar-refractivity contribution is 9.10. The van der Waals surface area contributed by atoms with Crippen LogP contribution < -0.4 is 5.32 Å². The third kappa shape index (κ3) is 4.76. The fourth-order valence-electron chi connectivity index (χ4n) is 1.32. The van der Waals surface area contributed by atoms with Gasteiger partial charge in [-0.3, -0.25) is 0 Å². The Hall–Kier alpha value is -0.190. The lowest BCUT2D eigenvalue weighted by Crippen LogP contribution is -2.17. The van der Waals surface area contributed by atoms with Gasteiger partial charge >= 0.3 is 0 Å². The summed E-state index contributed by atoms with van der Waals surface area (Å²) in [4.78, 5) is 0. The number of hydrogen-bond donors (Lipinski definition) is 2. The highest BCUT2D eigenvalue weighted by Gasteiger charge is 2.01. The van der Waals surface area contributed by atoms with Gasteiger partial charge in [-0.15, -0.1) is 0 Å². The van der Waals surface area contributed by atoms with Crippen LogP contribution in [0.25, 0.3) is 0 Å². The van der Waals surface area contributed by atoms with Gasteiger partial charge in [-0.2, -0.15) is 11.8 Å². The molecule has 0 radical (unpaired) electrons. The van der Waals surface area contributed by atoms with Gasteiger partial charge in [0.25, 0.3) is 0 Å². The first kappa shape index (κ1) is 13.9. The van der Waals surface area contributed by atoms with Gasteiger partial charge in [0.1, 0.15) is 5.75 Å². The Labute approximate surface area is 110 Å². The van der Waals surface area contributed by atoms with E-state index >= 15 is 0 Å². The number of aromatic hydroxyl groups is 1. The maximum Gasteiger partial charge on any atom is 0.129 e. The molecule has 1 unspecified atom stereocenters. The van der Waals surface area contributed by atoms with Gasteiger partial charge in [-0.05, 0) is 52.8 Å². The third-order valence-electron chi connectivity index (χ3n) is 2.47. The SMILES string of the molecule is CSC(C)CCNCc1ccc(O)c(Br)c1. The maximum atomic E-state index is 9.35. The van der Waals surface area contributed by atoms with Gasteiger partial charge in [-0.1, -0.05) is 13.0 Å². The second-order valence-electron chi connectivity index (χ2n) is 3.80. The molecule has 0 aliphatic rings. The standard InChI is InChI=1S/C12H18BrNOS/c1-9(16-2)5-6-14-8-10-3-4-12(15)11(13)7-10/h3-4,7,9,14-15H,5-6,8H2,1-2H3. The second kappa shape index (κ2) is 7.20. The number of rotatable bonds is 6. The molecule has 0 saturated carbocycles. The Morgan fingerprint density at radius 3 is 2.88 bits per heavy atom. The van der Waals surface area contributed by atoms with Crippen LogP contribution in [-0.2, 0) is 6.54 Å². The van der Waals surface area contributed by atoms with Crippen molar-refractivity contribution in [2.45, 2.75) is 25.1 Å². The van der Waals surface area contributed by atoms with Crippen molar-refractivity contribution in [2.75, 3.05) is 12.8 Å². The zero-order chi connectivity index (χ0) is 12.0. The van der Waals surface area contributed by atoms with Crippen molar-refractivity contribution in [1.29, 1.82) is 0 Å². The highest BCUT2D eigenvalue weighted by atomic mass is 79.9. The van der Waals surface area contributed by atoms with E-state index in [2.05, 4.69) is 34.4 Å². The van der Waals surface area contributed by atoms with Crippen molar-refractivity contribution in [2.24, 2.45) is 0 Å². The molecule has 0 spiro atoms. The first-order valence-electron chi connectivity index (χ1n) is 5.34. The third-order valence-corrected chi connectivity index (χ3v) is 4.15. The molecule has 1 atom stereocenters. The molecule has 2 N–H and O–H groups in total. The van der Waals surface area contributed by atoms with E-state index in [9.17, 15) is 5.11 Å². The molecule has 0 aliphatic carbocycles. The van der Waals surface area contributed by atoms with E-state index in [1.165, 1.54) is 12.0 Å². The minimum Gasteiger partial charge on any atom is -0.507 e. The molecule has 0 bridgehead atoms. The van der Waals surface area contributed by atoms with Crippen molar-refractivity contribution in [3.05, 3.63) is 28.2 Å². The molecule has 2 nitrogen and oxygen atoms in total. The van der Waals surface area contributed by atoms with E-state index in [4.69, 9.17) is 0 Å². The minimum absolute atomic E-state index is 0.291. The molecule has 4 heteroatoms. The van der Waals surface area contributed by atoms with Gasteiger partial charge in [0.05, 0.1) is 4.47 Å². The van der Waals surface area contributed by atoms with Gasteiger partial charge in [-0.25, -0.2) is 0 Å². The summed E-state index contributed by atoms with van der Waals surface area (Å²) in [5.41, 5.74) is 1.18. The molecule has 0 amide bonds. The quantitative estimate of drug-likeness (QED) is 0.790. The monoisotopic (exact) mass is 303 g/mol. The van der Waals surface area contributed by atoms with Crippen LogP contribution in [0.5, 0.6) is 5.75 Å². The first-order chi connectivity index (χ1) is 7.63. The fraction of sp³-hybridized carbons (Fsp3) is 0.500. The first-order valence-corrected chi connectivity index (χ1v) is 7.42. The number of benzene rings is 1. The summed E-state index contributed by atoms with van der Waals surface area (Å²) in [5.74, 6) is 0.291. The van der Waals surface area contributed by atoms with E-state index in [0.717, 1.165) is 17.6 Å². The summed E-state index contributed by atoms with van der Waals surface area (Å²) in [7, 11) is 0. The van der Waals surface area contributed by atoms with Crippen LogP contribution in [0.15, 0.2) is 22.7 Å². The van der Waals surface area contributed by atoms with Crippen molar-refractivity contribution in [1.82, 2.24) is 5.32 Å². The van der Waals surface area contributed by atoms with Crippen LogP contribution in [0.3, 0.4) is 0 Å². The predicted molar refractivity (Wildman–Crippen MR) is 75.1 cm³/mol. The Morgan fingerprint density at radius 2 is 2.25 bits per heavy atom. The molecule has 0 fully saturated rings. The largest absolute Gasteiger partial charge is 0.507 e. The molecule has 1 aromatic carbocycles.